The molecular formula is C16H24N2O2SSi. The Balaban J connectivity index is 1.88. The molecule has 1 unspecified atom stereocenters. The van der Waals surface area contributed by atoms with E-state index in [1.807, 2.05) is 30.0 Å². The third-order valence-electron chi connectivity index (χ3n) is 3.66. The Kier molecular flexibility index (Phi) is 5.47. The number of thiocarbonyl (C=S) groups is 1. The molecule has 0 aromatic carbocycles. The van der Waals surface area contributed by atoms with E-state index in [-0.39, 0.29) is 18.2 Å². The fraction of sp³-hybridized carbons (Fsp3) is 0.562. The number of carbonyl (C=O) groups excluding carboxylic acids is 1. The van der Waals surface area contributed by atoms with Gasteiger partial charge in [-0.25, -0.2) is 0 Å². The molecule has 120 valence electrons. The Morgan fingerprint density at radius 2 is 2.23 bits per heavy atom. The van der Waals surface area contributed by atoms with Crippen molar-refractivity contribution in [3.8, 4) is 0 Å². The predicted octanol–water partition coefficient (Wildman–Crippen LogP) is 3.38. The van der Waals surface area contributed by atoms with E-state index in [4.69, 9.17) is 16.6 Å². The molecule has 1 amide bonds. The van der Waals surface area contributed by atoms with Crippen LogP contribution < -0.4 is 0 Å². The van der Waals surface area contributed by atoms with Gasteiger partial charge in [0.05, 0.1) is 5.69 Å². The minimum absolute atomic E-state index is 0.138. The molecule has 0 spiro atoms. The minimum atomic E-state index is -1.65. The maximum absolute atomic E-state index is 11.9. The number of hydrogen-bond donors (Lipinski definition) is 0. The molecule has 2 heterocycles. The molecule has 1 saturated heterocycles. The lowest BCUT2D eigenvalue weighted by Gasteiger charge is -2.46. The summed E-state index contributed by atoms with van der Waals surface area (Å²) in [6.45, 7) is 8.39. The first-order valence-electron chi connectivity index (χ1n) is 7.71. The van der Waals surface area contributed by atoms with Gasteiger partial charge in [0.1, 0.15) is 6.23 Å². The molecule has 2 atom stereocenters. The molecule has 2 rings (SSSR count). The quantitative estimate of drug-likeness (QED) is 0.331. The molecule has 0 bridgehead atoms. The van der Waals surface area contributed by atoms with Gasteiger partial charge in [-0.2, -0.15) is 0 Å². The fourth-order valence-electron chi connectivity index (χ4n) is 2.76. The van der Waals surface area contributed by atoms with Gasteiger partial charge >= 0.3 is 0 Å². The molecule has 0 saturated carbocycles. The van der Waals surface area contributed by atoms with Gasteiger partial charge in [-0.3, -0.25) is 9.78 Å². The van der Waals surface area contributed by atoms with E-state index in [1.165, 1.54) is 0 Å². The third-order valence-corrected chi connectivity index (χ3v) is 5.12. The number of rotatable bonds is 7. The molecule has 22 heavy (non-hydrogen) atoms. The van der Waals surface area contributed by atoms with Gasteiger partial charge in [0.2, 0.25) is 5.91 Å². The SMILES string of the molecule is C[C@@H](O[Si](C)(C)C)N1C(=O)CC1CCC(=S)c1ccccn1. The maximum atomic E-state index is 11.9. The van der Waals surface area contributed by atoms with E-state index in [0.717, 1.165) is 23.4 Å². The molecule has 1 aliphatic heterocycles. The zero-order chi connectivity index (χ0) is 16.3. The van der Waals surface area contributed by atoms with Crippen LogP contribution in [0.2, 0.25) is 19.6 Å². The van der Waals surface area contributed by atoms with Crippen LogP contribution in [-0.2, 0) is 9.22 Å². The average Bonchev–Trinajstić information content (AvgIpc) is 2.41. The van der Waals surface area contributed by atoms with Crippen LogP contribution in [0.3, 0.4) is 0 Å². The number of nitrogens with zero attached hydrogens (tertiary/aromatic N) is 2. The summed E-state index contributed by atoms with van der Waals surface area (Å²) in [5.41, 5.74) is 0.862. The van der Waals surface area contributed by atoms with Gasteiger partial charge in [-0.05, 0) is 51.5 Å². The Morgan fingerprint density at radius 1 is 1.50 bits per heavy atom. The highest BCUT2D eigenvalue weighted by atomic mass is 32.1. The lowest BCUT2D eigenvalue weighted by atomic mass is 9.95. The average molecular weight is 337 g/mol. The maximum Gasteiger partial charge on any atom is 0.226 e. The minimum Gasteiger partial charge on any atom is -0.398 e. The second kappa shape index (κ2) is 6.98. The summed E-state index contributed by atoms with van der Waals surface area (Å²) in [4.78, 5) is 18.9. The first kappa shape index (κ1) is 17.2. The molecule has 0 N–H and O–H groups in total. The zero-order valence-electron chi connectivity index (χ0n) is 13.7. The van der Waals surface area contributed by atoms with Crippen molar-refractivity contribution in [3.05, 3.63) is 30.1 Å². The van der Waals surface area contributed by atoms with E-state index in [2.05, 4.69) is 24.6 Å². The summed E-state index contributed by atoms with van der Waals surface area (Å²) in [7, 11) is -1.65. The highest BCUT2D eigenvalue weighted by Gasteiger charge is 2.40. The summed E-state index contributed by atoms with van der Waals surface area (Å²) < 4.78 is 6.03. The molecule has 1 aliphatic rings. The van der Waals surface area contributed by atoms with Crippen LogP contribution in [-0.4, -0.2) is 41.2 Å². The van der Waals surface area contributed by atoms with Crippen molar-refractivity contribution in [2.24, 2.45) is 0 Å². The van der Waals surface area contributed by atoms with Crippen molar-refractivity contribution >= 4 is 31.3 Å². The number of hydrogen-bond acceptors (Lipinski definition) is 4. The first-order valence-corrected chi connectivity index (χ1v) is 11.5. The summed E-state index contributed by atoms with van der Waals surface area (Å²) >= 11 is 5.44. The number of carbonyl (C=O) groups is 1. The van der Waals surface area contributed by atoms with Gasteiger partial charge < -0.3 is 9.33 Å². The van der Waals surface area contributed by atoms with Crippen molar-refractivity contribution in [2.75, 3.05) is 0 Å². The Hall–Kier alpha value is -1.11. The van der Waals surface area contributed by atoms with Gasteiger partial charge in [0.15, 0.2) is 8.32 Å². The van der Waals surface area contributed by atoms with Crippen LogP contribution in [0.15, 0.2) is 24.4 Å². The smallest absolute Gasteiger partial charge is 0.226 e. The van der Waals surface area contributed by atoms with Crippen LogP contribution in [0.5, 0.6) is 0 Å². The fourth-order valence-corrected chi connectivity index (χ4v) is 4.13. The molecule has 1 aromatic heterocycles. The molecule has 4 nitrogen and oxygen atoms in total. The number of pyridine rings is 1. The topological polar surface area (TPSA) is 42.4 Å². The van der Waals surface area contributed by atoms with Gasteiger partial charge in [-0.15, -0.1) is 0 Å². The molecule has 0 aliphatic carbocycles. The highest BCUT2D eigenvalue weighted by Crippen LogP contribution is 2.28. The molecular weight excluding hydrogens is 312 g/mol. The van der Waals surface area contributed by atoms with Crippen LogP contribution in [0.4, 0.5) is 0 Å². The van der Waals surface area contributed by atoms with Crippen LogP contribution in [0.1, 0.15) is 31.9 Å². The summed E-state index contributed by atoms with van der Waals surface area (Å²) in [5.74, 6) is 0.180. The van der Waals surface area contributed by atoms with Gasteiger partial charge in [-0.1, -0.05) is 18.3 Å². The van der Waals surface area contributed by atoms with Crippen LogP contribution in [0, 0.1) is 0 Å². The van der Waals surface area contributed by atoms with Gasteiger partial charge in [0.25, 0.3) is 0 Å². The van der Waals surface area contributed by atoms with Gasteiger partial charge in [0, 0.05) is 23.5 Å². The van der Waals surface area contributed by atoms with E-state index >= 15 is 0 Å². The Morgan fingerprint density at radius 3 is 2.77 bits per heavy atom. The summed E-state index contributed by atoms with van der Waals surface area (Å²) in [6, 6.07) is 6.00. The first-order chi connectivity index (χ1) is 10.3. The second-order valence-corrected chi connectivity index (χ2v) is 11.6. The second-order valence-electron chi connectivity index (χ2n) is 6.67. The van der Waals surface area contributed by atoms with Crippen molar-refractivity contribution < 1.29 is 9.22 Å². The lowest BCUT2D eigenvalue weighted by molar-refractivity contribution is -0.159. The van der Waals surface area contributed by atoms with Crippen molar-refractivity contribution in [3.63, 3.8) is 0 Å². The number of aromatic nitrogens is 1. The standard InChI is InChI=1S/C16H24N2O2SSi/c1-12(20-22(2,3)4)18-13(11-16(18)19)8-9-15(21)14-7-5-6-10-17-14/h5-7,10,12-13H,8-9,11H2,1-4H3/t12-,13?/m1/s1. The number of β-lactam (4-membered cyclic amide) rings is 1. The molecule has 1 fully saturated rings. The summed E-state index contributed by atoms with van der Waals surface area (Å²) in [5, 5.41) is 0. The third kappa shape index (κ3) is 4.44. The predicted molar refractivity (Wildman–Crippen MR) is 94.3 cm³/mol. The molecule has 0 radical (unpaired) electrons. The van der Waals surface area contributed by atoms with Crippen molar-refractivity contribution in [2.45, 2.75) is 58.1 Å². The lowest BCUT2D eigenvalue weighted by Crippen LogP contribution is -2.59. The van der Waals surface area contributed by atoms with Crippen LogP contribution >= 0.6 is 12.2 Å². The number of likely N-dealkylation sites (tertiary alicyclic amines) is 1. The Bertz CT molecular complexity index is 545. The molecule has 6 heteroatoms. The highest BCUT2D eigenvalue weighted by molar-refractivity contribution is 7.80. The summed E-state index contributed by atoms with van der Waals surface area (Å²) in [6.07, 6.45) is 3.87. The van der Waals surface area contributed by atoms with E-state index in [1.54, 1.807) is 6.20 Å². The normalized spacial score (nSPS) is 19.7. The van der Waals surface area contributed by atoms with E-state index in [9.17, 15) is 4.79 Å². The Labute approximate surface area is 139 Å². The zero-order valence-corrected chi connectivity index (χ0v) is 15.5. The molecule has 1 aromatic rings. The largest absolute Gasteiger partial charge is 0.398 e. The number of amides is 1. The van der Waals surface area contributed by atoms with E-state index < -0.39 is 8.32 Å². The van der Waals surface area contributed by atoms with E-state index in [0.29, 0.717) is 6.42 Å². The van der Waals surface area contributed by atoms with Crippen LogP contribution in [0.25, 0.3) is 0 Å². The van der Waals surface area contributed by atoms with Crippen molar-refractivity contribution in [1.82, 2.24) is 9.88 Å². The van der Waals surface area contributed by atoms with Crippen molar-refractivity contribution in [1.29, 1.82) is 0 Å². The monoisotopic (exact) mass is 336 g/mol.